The van der Waals surface area contributed by atoms with Crippen molar-refractivity contribution in [2.45, 2.75) is 0 Å². The molecule has 0 fully saturated rings. The average Bonchev–Trinajstić information content (AvgIpc) is 0. The normalized spacial score (nSPS) is 0. The second-order valence-electron chi connectivity index (χ2n) is 0. The molecular formula is H7O7RuTi. The predicted octanol–water partition coefficient (Wildman–Crippen LogP) is -1.24. The Balaban J connectivity index is 0. The molecule has 0 heterocycles. The number of hydrogen-bond acceptors (Lipinski definition) is 7. The van der Waals surface area contributed by atoms with Gasteiger partial charge in [0.2, 0.25) is 0 Å². The van der Waals surface area contributed by atoms with Gasteiger partial charge >= 0.3 is 41.2 Å². The maximum atomic E-state index is 0. The SMILES string of the molecule is [OH-].[OH-].[OH-].[OH-].[OH-].[OH-].[OH-].[Ru+3].[Ti+4]. The third-order valence-electron chi connectivity index (χ3n) is 0. The van der Waals surface area contributed by atoms with E-state index < -0.39 is 0 Å². The first-order chi connectivity index (χ1) is 0. The zero-order valence-corrected chi connectivity index (χ0v) is 7.28. The van der Waals surface area contributed by atoms with Crippen LogP contribution in [0, 0.1) is 0 Å². The Hall–Kier alpha value is 1.06. The second kappa shape index (κ2) is 526. The average molecular weight is 268 g/mol. The summed E-state index contributed by atoms with van der Waals surface area (Å²) < 4.78 is 0. The zero-order chi connectivity index (χ0) is 0. The minimum Gasteiger partial charge on any atom is -0.870 e. The van der Waals surface area contributed by atoms with E-state index >= 15 is 0 Å². The van der Waals surface area contributed by atoms with E-state index in [1.54, 1.807) is 0 Å². The van der Waals surface area contributed by atoms with Crippen LogP contribution in [0.2, 0.25) is 0 Å². The molecule has 0 rings (SSSR count). The molecule has 0 saturated carbocycles. The summed E-state index contributed by atoms with van der Waals surface area (Å²) in [5.41, 5.74) is 0. The van der Waals surface area contributed by atoms with E-state index in [1.165, 1.54) is 0 Å². The molecular weight excluding hydrogens is 261 g/mol. The van der Waals surface area contributed by atoms with Gasteiger partial charge in [-0.25, -0.2) is 0 Å². The maximum absolute atomic E-state index is 0. The fourth-order valence-electron chi connectivity index (χ4n) is 0. The summed E-state index contributed by atoms with van der Waals surface area (Å²) in [7, 11) is 0. The molecule has 0 atom stereocenters. The third kappa shape index (κ3) is 403. The minimum atomic E-state index is 0. The van der Waals surface area contributed by atoms with Crippen LogP contribution in [0.15, 0.2) is 0 Å². The first kappa shape index (κ1) is 738. The van der Waals surface area contributed by atoms with E-state index in [9.17, 15) is 0 Å². The van der Waals surface area contributed by atoms with Gasteiger partial charge in [0.1, 0.15) is 0 Å². The molecule has 0 amide bonds. The van der Waals surface area contributed by atoms with Gasteiger partial charge < -0.3 is 38.3 Å². The monoisotopic (exact) mass is 269 g/mol. The topological polar surface area (TPSA) is 210 Å². The summed E-state index contributed by atoms with van der Waals surface area (Å²) in [5, 5.41) is 0. The number of rotatable bonds is 0. The van der Waals surface area contributed by atoms with Crippen molar-refractivity contribution in [3.63, 3.8) is 0 Å². The molecule has 9 heavy (non-hydrogen) atoms. The summed E-state index contributed by atoms with van der Waals surface area (Å²) in [4.78, 5) is 0. The third-order valence-corrected chi connectivity index (χ3v) is 0. The van der Waals surface area contributed by atoms with E-state index in [0.29, 0.717) is 0 Å². The van der Waals surface area contributed by atoms with Gasteiger partial charge in [0.05, 0.1) is 0 Å². The smallest absolute Gasteiger partial charge is 0.870 e. The van der Waals surface area contributed by atoms with Crippen molar-refractivity contribution in [3.8, 4) is 0 Å². The zero-order valence-electron chi connectivity index (χ0n) is 3.98. The van der Waals surface area contributed by atoms with Crippen molar-refractivity contribution >= 4 is 0 Å². The fraction of sp³-hybridized carbons (Fsp3) is 0. The van der Waals surface area contributed by atoms with Gasteiger partial charge in [-0.3, -0.25) is 0 Å². The largest absolute Gasteiger partial charge is 4.00 e. The van der Waals surface area contributed by atoms with Crippen LogP contribution in [-0.4, -0.2) is 38.3 Å². The molecule has 0 spiro atoms. The Morgan fingerprint density at radius 3 is 0.333 bits per heavy atom. The molecule has 0 aromatic rings. The molecule has 0 aromatic carbocycles. The van der Waals surface area contributed by atoms with Gasteiger partial charge in [-0.15, -0.1) is 0 Å². The maximum Gasteiger partial charge on any atom is 4.00 e. The van der Waals surface area contributed by atoms with Crippen LogP contribution in [0.4, 0.5) is 0 Å². The molecule has 0 aliphatic carbocycles. The van der Waals surface area contributed by atoms with Crippen LogP contribution in [0.25, 0.3) is 0 Å². The summed E-state index contributed by atoms with van der Waals surface area (Å²) in [6.45, 7) is 0. The van der Waals surface area contributed by atoms with E-state index in [0.717, 1.165) is 0 Å². The molecule has 61 valence electrons. The predicted molar refractivity (Wildman–Crippen MR) is 13.6 cm³/mol. The van der Waals surface area contributed by atoms with Crippen molar-refractivity contribution in [1.29, 1.82) is 0 Å². The second-order valence-corrected chi connectivity index (χ2v) is 0. The van der Waals surface area contributed by atoms with Gasteiger partial charge in [0.25, 0.3) is 0 Å². The van der Waals surface area contributed by atoms with Crippen LogP contribution in [0.5, 0.6) is 0 Å². The van der Waals surface area contributed by atoms with Crippen LogP contribution >= 0.6 is 0 Å². The van der Waals surface area contributed by atoms with Crippen LogP contribution < -0.4 is 0 Å². The van der Waals surface area contributed by atoms with Crippen molar-refractivity contribution in [2.75, 3.05) is 0 Å². The summed E-state index contributed by atoms with van der Waals surface area (Å²) in [6, 6.07) is 0. The summed E-state index contributed by atoms with van der Waals surface area (Å²) in [6.07, 6.45) is 0. The van der Waals surface area contributed by atoms with Gasteiger partial charge in [0.15, 0.2) is 0 Å². The quantitative estimate of drug-likeness (QED) is 0.486. The summed E-state index contributed by atoms with van der Waals surface area (Å²) >= 11 is 0. The molecule has 7 N–H and O–H groups in total. The molecule has 0 aliphatic heterocycles. The Bertz CT molecular complexity index is 8.88. The van der Waals surface area contributed by atoms with Crippen molar-refractivity contribution in [2.24, 2.45) is 0 Å². The first-order valence-corrected chi connectivity index (χ1v) is 0. The molecule has 9 heteroatoms. The fourth-order valence-corrected chi connectivity index (χ4v) is 0. The van der Waals surface area contributed by atoms with Crippen molar-refractivity contribution in [3.05, 3.63) is 0 Å². The number of hydrogen-bond donors (Lipinski definition) is 0. The van der Waals surface area contributed by atoms with Gasteiger partial charge in [-0.05, 0) is 0 Å². The Morgan fingerprint density at radius 1 is 0.333 bits per heavy atom. The Labute approximate surface area is 79.6 Å². The molecule has 1 radical (unpaired) electrons. The van der Waals surface area contributed by atoms with E-state index in [-0.39, 0.29) is 79.5 Å². The molecule has 0 unspecified atom stereocenters. The summed E-state index contributed by atoms with van der Waals surface area (Å²) in [5.74, 6) is 0. The van der Waals surface area contributed by atoms with Crippen molar-refractivity contribution in [1.82, 2.24) is 0 Å². The molecule has 0 bridgehead atoms. The van der Waals surface area contributed by atoms with Crippen LogP contribution in [-0.2, 0) is 41.2 Å². The van der Waals surface area contributed by atoms with Crippen LogP contribution in [0.1, 0.15) is 0 Å². The van der Waals surface area contributed by atoms with Crippen molar-refractivity contribution < 1.29 is 79.5 Å². The minimum absolute atomic E-state index is 0. The standard InChI is InChI=1S/7H2O.Ru.Ti/h7*1H2;;/q;;;;;;;+3;+4/p-7. The van der Waals surface area contributed by atoms with E-state index in [1.807, 2.05) is 0 Å². The molecule has 0 aromatic heterocycles. The molecule has 7 nitrogen and oxygen atoms in total. The first-order valence-electron chi connectivity index (χ1n) is 0. The van der Waals surface area contributed by atoms with Crippen LogP contribution in [0.3, 0.4) is 0 Å². The van der Waals surface area contributed by atoms with E-state index in [4.69, 9.17) is 0 Å². The van der Waals surface area contributed by atoms with Gasteiger partial charge in [-0.1, -0.05) is 0 Å². The molecule has 0 aliphatic rings. The molecule has 0 saturated heterocycles. The Kier molecular flexibility index (Phi) is 43100. The van der Waals surface area contributed by atoms with Gasteiger partial charge in [0, 0.05) is 0 Å². The Morgan fingerprint density at radius 2 is 0.333 bits per heavy atom. The van der Waals surface area contributed by atoms with E-state index in [2.05, 4.69) is 0 Å². The van der Waals surface area contributed by atoms with Gasteiger partial charge in [-0.2, -0.15) is 0 Å².